The van der Waals surface area contributed by atoms with Gasteiger partial charge in [0.15, 0.2) is 5.84 Å². The lowest BCUT2D eigenvalue weighted by Gasteiger charge is -2.21. The highest BCUT2D eigenvalue weighted by atomic mass is 35.5. The number of carbonyl (C=O) groups is 2. The van der Waals surface area contributed by atoms with Gasteiger partial charge in [0.25, 0.3) is 5.91 Å². The number of benzene rings is 2. The molecule has 0 fully saturated rings. The van der Waals surface area contributed by atoms with Gasteiger partial charge in [-0.15, -0.1) is 0 Å². The zero-order valence-corrected chi connectivity index (χ0v) is 17.8. The second-order valence-electron chi connectivity index (χ2n) is 7.72. The number of halogens is 1. The van der Waals surface area contributed by atoms with Crippen LogP contribution in [0.3, 0.4) is 0 Å². The van der Waals surface area contributed by atoms with E-state index in [1.165, 1.54) is 6.92 Å². The number of ether oxygens (including phenoxy) is 1. The monoisotopic (exact) mass is 424 g/mol. The van der Waals surface area contributed by atoms with Crippen LogP contribution in [0, 0.1) is 0 Å². The van der Waals surface area contributed by atoms with Crippen LogP contribution < -0.4 is 0 Å². The average molecular weight is 425 g/mol. The molecule has 0 spiro atoms. The Bertz CT molecular complexity index is 1100. The van der Waals surface area contributed by atoms with Gasteiger partial charge in [-0.1, -0.05) is 35.9 Å². The van der Waals surface area contributed by atoms with E-state index in [0.29, 0.717) is 21.7 Å². The van der Waals surface area contributed by atoms with Crippen LogP contribution in [0.1, 0.15) is 49.2 Å². The molecule has 0 atom stereocenters. The van der Waals surface area contributed by atoms with E-state index >= 15 is 0 Å². The summed E-state index contributed by atoms with van der Waals surface area (Å²) in [6, 6.07) is 13.4. The van der Waals surface area contributed by atoms with Crippen molar-refractivity contribution in [1.82, 2.24) is 0 Å². The summed E-state index contributed by atoms with van der Waals surface area (Å²) < 4.78 is 5.43. The minimum absolute atomic E-state index is 0.0680. The van der Waals surface area contributed by atoms with Crippen LogP contribution in [0.4, 0.5) is 0 Å². The number of aliphatic imine (C=N–C) groups is 2. The van der Waals surface area contributed by atoms with Crippen molar-refractivity contribution in [3.8, 4) is 0 Å². The van der Waals surface area contributed by atoms with E-state index < -0.39 is 17.5 Å². The minimum atomic E-state index is -0.752. The quantitative estimate of drug-likeness (QED) is 0.431. The summed E-state index contributed by atoms with van der Waals surface area (Å²) >= 11 is 5.87. The molecule has 1 aliphatic heterocycles. The number of aliphatic hydroxyl groups is 1. The number of rotatable bonds is 3. The number of allylic oxidation sites excluding steroid dienone is 1. The number of nitrogens with zero attached hydrogens (tertiary/aromatic N) is 2. The molecule has 2 aromatic rings. The van der Waals surface area contributed by atoms with Crippen LogP contribution in [0.2, 0.25) is 5.02 Å². The van der Waals surface area contributed by atoms with Crippen molar-refractivity contribution in [1.29, 1.82) is 0 Å². The summed E-state index contributed by atoms with van der Waals surface area (Å²) in [5.41, 5.74) is 0.905. The van der Waals surface area contributed by atoms with Gasteiger partial charge in [-0.3, -0.25) is 4.79 Å². The van der Waals surface area contributed by atoms with Crippen molar-refractivity contribution in [2.75, 3.05) is 0 Å². The zero-order valence-electron chi connectivity index (χ0n) is 17.1. The highest BCUT2D eigenvalue weighted by Crippen LogP contribution is 2.27. The molecule has 1 N–H and O–H groups in total. The summed E-state index contributed by atoms with van der Waals surface area (Å²) in [5, 5.41) is 10.7. The summed E-state index contributed by atoms with van der Waals surface area (Å²) in [7, 11) is 0. The molecule has 154 valence electrons. The van der Waals surface area contributed by atoms with Gasteiger partial charge in [0, 0.05) is 21.7 Å². The Hall–Kier alpha value is -3.25. The van der Waals surface area contributed by atoms with Crippen LogP contribution in [-0.2, 0) is 9.53 Å². The number of aliphatic hydroxyl groups excluding tert-OH is 1. The first kappa shape index (κ1) is 21.5. The van der Waals surface area contributed by atoms with Crippen molar-refractivity contribution in [3.63, 3.8) is 0 Å². The van der Waals surface area contributed by atoms with E-state index in [1.807, 2.05) is 0 Å². The van der Waals surface area contributed by atoms with Crippen LogP contribution in [0.5, 0.6) is 0 Å². The number of esters is 1. The van der Waals surface area contributed by atoms with E-state index in [-0.39, 0.29) is 22.9 Å². The summed E-state index contributed by atoms with van der Waals surface area (Å²) in [6.07, 6.45) is 0. The lowest BCUT2D eigenvalue weighted by atomic mass is 9.99. The maximum Gasteiger partial charge on any atom is 0.344 e. The predicted molar refractivity (Wildman–Crippen MR) is 116 cm³/mol. The first-order chi connectivity index (χ1) is 14.1. The molecule has 0 saturated heterocycles. The standard InChI is InChI=1S/C23H21ClN2O4/c1-13(27)18(22(29)30-23(2,3)4)19-16-7-5-6-8-17(16)20(25-19)26-21(28)14-9-11-15(24)12-10-14/h5-12,27H,1-4H3/b18-13-,26-20?. The highest BCUT2D eigenvalue weighted by molar-refractivity contribution is 6.36. The van der Waals surface area contributed by atoms with E-state index in [4.69, 9.17) is 16.3 Å². The fourth-order valence-electron chi connectivity index (χ4n) is 2.88. The van der Waals surface area contributed by atoms with Gasteiger partial charge in [0.2, 0.25) is 0 Å². The molecule has 1 amide bonds. The smallest absolute Gasteiger partial charge is 0.344 e. The first-order valence-electron chi connectivity index (χ1n) is 9.27. The van der Waals surface area contributed by atoms with Crippen LogP contribution in [0.15, 0.2) is 69.8 Å². The third kappa shape index (κ3) is 4.66. The van der Waals surface area contributed by atoms with Gasteiger partial charge in [0.05, 0.1) is 5.71 Å². The number of carbonyl (C=O) groups excluding carboxylic acids is 2. The van der Waals surface area contributed by atoms with E-state index in [2.05, 4.69) is 9.98 Å². The number of hydrogen-bond acceptors (Lipinski definition) is 4. The van der Waals surface area contributed by atoms with Gasteiger partial charge in [-0.25, -0.2) is 9.79 Å². The molecule has 1 heterocycles. The van der Waals surface area contributed by atoms with Crippen molar-refractivity contribution < 1.29 is 19.4 Å². The molecule has 0 aliphatic carbocycles. The predicted octanol–water partition coefficient (Wildman–Crippen LogP) is 4.90. The van der Waals surface area contributed by atoms with E-state index in [1.54, 1.807) is 69.3 Å². The molecule has 0 radical (unpaired) electrons. The highest BCUT2D eigenvalue weighted by Gasteiger charge is 2.32. The summed E-state index contributed by atoms with van der Waals surface area (Å²) in [6.45, 7) is 6.59. The van der Waals surface area contributed by atoms with Crippen molar-refractivity contribution in [2.45, 2.75) is 33.3 Å². The molecule has 7 heteroatoms. The molecular formula is C23H21ClN2O4. The largest absolute Gasteiger partial charge is 0.512 e. The third-order valence-corrected chi connectivity index (χ3v) is 4.39. The minimum Gasteiger partial charge on any atom is -0.512 e. The molecule has 0 saturated carbocycles. The van der Waals surface area contributed by atoms with Crippen molar-refractivity contribution in [3.05, 3.63) is 81.6 Å². The number of fused-ring (bicyclic) bond motifs is 1. The van der Waals surface area contributed by atoms with Crippen molar-refractivity contribution in [2.24, 2.45) is 9.98 Å². The number of amidine groups is 1. The van der Waals surface area contributed by atoms with Crippen LogP contribution in [0.25, 0.3) is 0 Å². The van der Waals surface area contributed by atoms with Gasteiger partial charge in [0.1, 0.15) is 16.9 Å². The van der Waals surface area contributed by atoms with Gasteiger partial charge in [-0.2, -0.15) is 4.99 Å². The SMILES string of the molecule is C/C(O)=C(/C(=O)OC(C)(C)C)C1=NC(=NC(=O)c2ccc(Cl)cc2)c2ccccc21. The Morgan fingerprint density at radius 2 is 1.63 bits per heavy atom. The second-order valence-corrected chi connectivity index (χ2v) is 8.15. The van der Waals surface area contributed by atoms with Gasteiger partial charge >= 0.3 is 5.97 Å². The molecule has 0 unspecified atom stereocenters. The fourth-order valence-corrected chi connectivity index (χ4v) is 3.01. The van der Waals surface area contributed by atoms with Crippen LogP contribution >= 0.6 is 11.6 Å². The Labute approximate surface area is 179 Å². The second kappa shape index (κ2) is 8.24. The zero-order chi connectivity index (χ0) is 22.1. The van der Waals surface area contributed by atoms with Gasteiger partial charge in [-0.05, 0) is 52.0 Å². The van der Waals surface area contributed by atoms with E-state index in [0.717, 1.165) is 0 Å². The van der Waals surface area contributed by atoms with Gasteiger partial charge < -0.3 is 9.84 Å². The molecule has 6 nitrogen and oxygen atoms in total. The molecule has 3 rings (SSSR count). The first-order valence-corrected chi connectivity index (χ1v) is 9.65. The normalized spacial score (nSPS) is 15.4. The summed E-state index contributed by atoms with van der Waals surface area (Å²) in [4.78, 5) is 33.9. The van der Waals surface area contributed by atoms with Crippen molar-refractivity contribution >= 4 is 35.0 Å². The average Bonchev–Trinajstić information content (AvgIpc) is 2.99. The summed E-state index contributed by atoms with van der Waals surface area (Å²) in [5.74, 6) is -1.28. The fraction of sp³-hybridized carbons (Fsp3) is 0.217. The molecule has 1 aliphatic rings. The maximum atomic E-state index is 12.7. The molecular weight excluding hydrogens is 404 g/mol. The Balaban J connectivity index is 2.07. The van der Waals surface area contributed by atoms with Crippen LogP contribution in [-0.4, -0.2) is 34.1 Å². The number of amides is 1. The maximum absolute atomic E-state index is 12.7. The topological polar surface area (TPSA) is 88.3 Å². The molecule has 0 aromatic heterocycles. The molecule has 2 aromatic carbocycles. The number of hydrogen-bond donors (Lipinski definition) is 1. The Kier molecular flexibility index (Phi) is 5.89. The lowest BCUT2D eigenvalue weighted by Crippen LogP contribution is -2.28. The van der Waals surface area contributed by atoms with E-state index in [9.17, 15) is 14.7 Å². The molecule has 30 heavy (non-hydrogen) atoms. The third-order valence-electron chi connectivity index (χ3n) is 4.14. The lowest BCUT2D eigenvalue weighted by molar-refractivity contribution is -0.149. The Morgan fingerprint density at radius 3 is 2.20 bits per heavy atom. The molecule has 0 bridgehead atoms. The Morgan fingerprint density at radius 1 is 1.03 bits per heavy atom.